The van der Waals surface area contributed by atoms with Crippen LogP contribution in [0.15, 0.2) is 24.3 Å². The predicted molar refractivity (Wildman–Crippen MR) is 129 cm³/mol. The maximum atomic E-state index is 12.3. The van der Waals surface area contributed by atoms with Crippen LogP contribution >= 0.6 is 11.6 Å². The minimum absolute atomic E-state index is 0.0176. The molecule has 0 unspecified atom stereocenters. The molecule has 0 aliphatic rings. The summed E-state index contributed by atoms with van der Waals surface area (Å²) in [6.07, 6.45) is -3.37. The van der Waals surface area contributed by atoms with Crippen molar-refractivity contribution in [3.8, 4) is 5.75 Å². The van der Waals surface area contributed by atoms with E-state index in [4.69, 9.17) is 42.8 Å². The zero-order valence-corrected chi connectivity index (χ0v) is 21.3. The van der Waals surface area contributed by atoms with Crippen LogP contribution in [0.3, 0.4) is 0 Å². The first-order chi connectivity index (χ1) is 17.5. The number of aliphatic carboxylic acids is 2. The molecule has 0 atom stereocenters. The summed E-state index contributed by atoms with van der Waals surface area (Å²) in [7, 11) is 4.17. The first kappa shape index (κ1) is 32.2. The lowest BCUT2D eigenvalue weighted by molar-refractivity contribution is -0.889. The van der Waals surface area contributed by atoms with Crippen LogP contribution in [0, 0.1) is 0 Å². The monoisotopic (exact) mass is 564 g/mol. The number of halogens is 4. The Bertz CT molecular complexity index is 1120. The molecule has 0 saturated carbocycles. The number of carboxylic acid groups (broad SMARTS) is 2. The molecule has 0 radical (unpaired) electrons. The number of likely N-dealkylation sites (N-methyl/N-ethyl adjacent to an activating group) is 1. The number of nitrogens with one attached hydrogen (secondary N) is 1. The van der Waals surface area contributed by atoms with Crippen LogP contribution in [0.4, 0.5) is 24.8 Å². The molecule has 1 aromatic carbocycles. The lowest BCUT2D eigenvalue weighted by atomic mass is 10.1. The number of anilines is 2. The van der Waals surface area contributed by atoms with Gasteiger partial charge in [0.05, 0.1) is 33.7 Å². The number of benzene rings is 1. The summed E-state index contributed by atoms with van der Waals surface area (Å²) in [6.45, 7) is 1.70. The Hall–Kier alpha value is -3.85. The molecule has 2 aromatic rings. The van der Waals surface area contributed by atoms with Crippen LogP contribution in [-0.4, -0.2) is 83.9 Å². The maximum Gasteiger partial charge on any atom is 0.430 e. The van der Waals surface area contributed by atoms with Crippen molar-refractivity contribution in [1.82, 2.24) is 15.3 Å². The van der Waals surface area contributed by atoms with E-state index in [1.807, 2.05) is 12.1 Å². The van der Waals surface area contributed by atoms with E-state index in [0.717, 1.165) is 24.9 Å². The van der Waals surface area contributed by atoms with Gasteiger partial charge in [0.2, 0.25) is 0 Å². The summed E-state index contributed by atoms with van der Waals surface area (Å²) in [5, 5.41) is 20.1. The number of amides is 1. The van der Waals surface area contributed by atoms with E-state index >= 15 is 0 Å². The van der Waals surface area contributed by atoms with E-state index in [9.17, 15) is 22.8 Å². The van der Waals surface area contributed by atoms with E-state index in [-0.39, 0.29) is 29.1 Å². The Labute approximate surface area is 220 Å². The molecule has 0 fully saturated rings. The third kappa shape index (κ3) is 11.9. The number of aryl methyl sites for hydroxylation is 1. The Morgan fingerprint density at radius 3 is 2.21 bits per heavy atom. The number of quaternary nitrogens is 1. The molecule has 1 amide bonds. The van der Waals surface area contributed by atoms with Crippen LogP contribution in [0.5, 0.6) is 5.75 Å². The molecule has 0 aliphatic heterocycles. The van der Waals surface area contributed by atoms with Gasteiger partial charge in [0, 0.05) is 6.42 Å². The lowest BCUT2D eigenvalue weighted by Crippen LogP contribution is -2.46. The first-order valence-corrected chi connectivity index (χ1v) is 11.3. The zero-order valence-electron chi connectivity index (χ0n) is 20.5. The smallest absolute Gasteiger partial charge is 0.430 e. The topological polar surface area (TPSA) is 194 Å². The number of nitrogens with two attached hydrogens (primary N) is 2. The third-order valence-corrected chi connectivity index (χ3v) is 5.15. The standard InChI is InChI=1S/C20H27ClN6O4.C2HF3O2/c1-27(2,10-3-4-13-5-7-14(8-6-13)31-12-15(28)29)11-9-24-20(30)16-18(22)26-19(23)17(21)25-16;3-2(4,5)1(6)7/h5-8H,3-4,9-12H2,1-2H3,(H5-,22,23,24,26,28,29,30);(H,6,7). The van der Waals surface area contributed by atoms with Gasteiger partial charge >= 0.3 is 12.1 Å². The molecular weight excluding hydrogens is 537 g/mol. The van der Waals surface area contributed by atoms with Gasteiger partial charge in [-0.15, -0.1) is 0 Å². The highest BCUT2D eigenvalue weighted by Crippen LogP contribution is 2.17. The van der Waals surface area contributed by atoms with Crippen LogP contribution in [0.25, 0.3) is 0 Å². The second-order valence-electron chi connectivity index (χ2n) is 8.49. The number of carbonyl (C=O) groups is 3. The van der Waals surface area contributed by atoms with Gasteiger partial charge < -0.3 is 41.0 Å². The molecule has 1 heterocycles. The molecule has 0 bridgehead atoms. The molecule has 210 valence electrons. The van der Waals surface area contributed by atoms with Crippen molar-refractivity contribution in [1.29, 1.82) is 0 Å². The predicted octanol–water partition coefficient (Wildman–Crippen LogP) is 0.495. The van der Waals surface area contributed by atoms with Crippen molar-refractivity contribution in [3.63, 3.8) is 0 Å². The van der Waals surface area contributed by atoms with E-state index in [0.29, 0.717) is 23.3 Å². The number of hydrogen-bond donors (Lipinski definition) is 4. The molecule has 38 heavy (non-hydrogen) atoms. The number of alkyl halides is 3. The highest BCUT2D eigenvalue weighted by atomic mass is 35.5. The second-order valence-corrected chi connectivity index (χ2v) is 8.85. The quantitative estimate of drug-likeness (QED) is 0.279. The van der Waals surface area contributed by atoms with Crippen molar-refractivity contribution < 1.29 is 47.0 Å². The van der Waals surface area contributed by atoms with E-state index in [1.54, 1.807) is 12.1 Å². The number of ether oxygens (including phenoxy) is 1. The number of rotatable bonds is 11. The summed E-state index contributed by atoms with van der Waals surface area (Å²) >= 11 is 5.81. The fourth-order valence-electron chi connectivity index (χ4n) is 2.88. The highest BCUT2D eigenvalue weighted by molar-refractivity contribution is 6.31. The number of hydrogen-bond acceptors (Lipinski definition) is 9. The highest BCUT2D eigenvalue weighted by Gasteiger charge is 2.28. The Morgan fingerprint density at radius 1 is 1.11 bits per heavy atom. The first-order valence-electron chi connectivity index (χ1n) is 10.9. The maximum absolute atomic E-state index is 12.3. The zero-order chi connectivity index (χ0) is 29.1. The molecule has 0 aliphatic carbocycles. The van der Waals surface area contributed by atoms with Gasteiger partial charge in [0.15, 0.2) is 29.1 Å². The van der Waals surface area contributed by atoms with Gasteiger partial charge in [0.1, 0.15) is 11.7 Å². The van der Waals surface area contributed by atoms with Crippen LogP contribution in [-0.2, 0) is 16.0 Å². The summed E-state index contributed by atoms with van der Waals surface area (Å²) < 4.78 is 37.4. The minimum atomic E-state index is -5.19. The fourth-order valence-corrected chi connectivity index (χ4v) is 3.01. The van der Waals surface area contributed by atoms with Crippen LogP contribution < -0.4 is 26.6 Å². The third-order valence-electron chi connectivity index (χ3n) is 4.87. The minimum Gasteiger partial charge on any atom is -0.542 e. The number of nitrogens with zero attached hydrogens (tertiary/aromatic N) is 3. The van der Waals surface area contributed by atoms with E-state index < -0.39 is 24.0 Å². The lowest BCUT2D eigenvalue weighted by Gasteiger charge is -2.30. The van der Waals surface area contributed by atoms with Crippen LogP contribution in [0.1, 0.15) is 22.5 Å². The molecule has 12 nitrogen and oxygen atoms in total. The Kier molecular flexibility index (Phi) is 12.0. The van der Waals surface area contributed by atoms with E-state index in [2.05, 4.69) is 29.4 Å². The van der Waals surface area contributed by atoms with Crippen molar-refractivity contribution in [2.45, 2.75) is 19.0 Å². The fraction of sp³-hybridized carbons (Fsp3) is 0.409. The summed E-state index contributed by atoms with van der Waals surface area (Å²) in [4.78, 5) is 39.3. The normalized spacial score (nSPS) is 11.2. The van der Waals surface area contributed by atoms with Crippen molar-refractivity contribution in [2.75, 3.05) is 51.8 Å². The van der Waals surface area contributed by atoms with Gasteiger partial charge in [-0.25, -0.2) is 14.8 Å². The molecular formula is C22H28ClF3N6O6. The summed E-state index contributed by atoms with van der Waals surface area (Å²) in [5.74, 6) is -4.01. The number of aromatic nitrogens is 2. The van der Waals surface area contributed by atoms with Gasteiger partial charge in [-0.2, -0.15) is 13.2 Å². The van der Waals surface area contributed by atoms with Crippen LogP contribution in [0.2, 0.25) is 5.15 Å². The Morgan fingerprint density at radius 2 is 1.68 bits per heavy atom. The Balaban J connectivity index is 0.000000905. The molecule has 2 rings (SSSR count). The SMILES string of the molecule is C[N+](C)(CCCc1ccc(OCC(=O)O)cc1)CCNC(=O)c1nc(Cl)c(N)nc1N.O=C([O-])C(F)(F)F. The molecule has 16 heteroatoms. The van der Waals surface area contributed by atoms with Crippen molar-refractivity contribution >= 4 is 41.1 Å². The molecule has 1 aromatic heterocycles. The molecule has 0 saturated heterocycles. The summed E-state index contributed by atoms with van der Waals surface area (Å²) in [5.41, 5.74) is 12.3. The van der Waals surface area contributed by atoms with E-state index in [1.165, 1.54) is 0 Å². The number of carboxylic acids is 2. The number of carbonyl (C=O) groups excluding carboxylic acids is 2. The number of nitrogen functional groups attached to an aromatic ring is 2. The van der Waals surface area contributed by atoms with Crippen molar-refractivity contribution in [3.05, 3.63) is 40.7 Å². The average molecular weight is 565 g/mol. The molecule has 0 spiro atoms. The van der Waals surface area contributed by atoms with Crippen molar-refractivity contribution in [2.24, 2.45) is 0 Å². The largest absolute Gasteiger partial charge is 0.542 e. The summed E-state index contributed by atoms with van der Waals surface area (Å²) in [6, 6.07) is 7.40. The van der Waals surface area contributed by atoms with Gasteiger partial charge in [-0.3, -0.25) is 4.79 Å². The average Bonchev–Trinajstić information content (AvgIpc) is 2.80. The second kappa shape index (κ2) is 14.2. The van der Waals surface area contributed by atoms with Gasteiger partial charge in [-0.05, 0) is 24.1 Å². The van der Waals surface area contributed by atoms with Gasteiger partial charge in [-0.1, -0.05) is 23.7 Å². The molecule has 6 N–H and O–H groups in total. The van der Waals surface area contributed by atoms with Gasteiger partial charge in [0.25, 0.3) is 5.91 Å².